The Labute approximate surface area is 197 Å². The van der Waals surface area contributed by atoms with Crippen LogP contribution < -0.4 is 10.6 Å². The van der Waals surface area contributed by atoms with Crippen LogP contribution in [0, 0.1) is 0 Å². The van der Waals surface area contributed by atoms with Gasteiger partial charge in [0.15, 0.2) is 17.2 Å². The second-order valence-electron chi connectivity index (χ2n) is 8.63. The molecule has 3 aromatic heterocycles. The van der Waals surface area contributed by atoms with E-state index in [2.05, 4.69) is 44.3 Å². The zero-order chi connectivity index (χ0) is 23.7. The second-order valence-corrected chi connectivity index (χ2v) is 8.63. The first-order chi connectivity index (χ1) is 16.5. The molecule has 0 unspecified atom stereocenters. The maximum absolute atomic E-state index is 12.4. The van der Waals surface area contributed by atoms with Crippen LogP contribution in [0.2, 0.25) is 0 Å². The number of carbonyl (C=O) groups excluding carboxylic acids is 1. The normalized spacial score (nSPS) is 12.9. The standard InChI is InChI=1S/C26H26N6O2/c1-16-4-5-17-12-19(6-7-20(16)17)31-23-21-8-9-27-15-22(21)34-24(23)25-29-13-18(14-30-25)26(33)28-10-11-32(2)3/h6-9,12-15,31H,1,4-5,10-11H2,2-3H3,(H,28,33). The molecule has 1 aliphatic carbocycles. The minimum atomic E-state index is -0.208. The van der Waals surface area contributed by atoms with Gasteiger partial charge in [0.25, 0.3) is 5.91 Å². The van der Waals surface area contributed by atoms with Crippen molar-refractivity contribution in [3.05, 3.63) is 72.3 Å². The van der Waals surface area contributed by atoms with Crippen molar-refractivity contribution in [2.75, 3.05) is 32.5 Å². The van der Waals surface area contributed by atoms with Crippen molar-refractivity contribution in [1.29, 1.82) is 0 Å². The summed E-state index contributed by atoms with van der Waals surface area (Å²) in [6.45, 7) is 5.45. The van der Waals surface area contributed by atoms with Gasteiger partial charge in [-0.3, -0.25) is 9.78 Å². The zero-order valence-corrected chi connectivity index (χ0v) is 19.3. The predicted octanol–water partition coefficient (Wildman–Crippen LogP) is 4.28. The van der Waals surface area contributed by atoms with Gasteiger partial charge >= 0.3 is 0 Å². The first-order valence-electron chi connectivity index (χ1n) is 11.2. The van der Waals surface area contributed by atoms with Crippen molar-refractivity contribution in [2.45, 2.75) is 12.8 Å². The highest BCUT2D eigenvalue weighted by atomic mass is 16.3. The van der Waals surface area contributed by atoms with E-state index in [1.807, 2.05) is 31.1 Å². The molecule has 5 rings (SSSR count). The highest BCUT2D eigenvalue weighted by Crippen LogP contribution is 2.39. The third-order valence-electron chi connectivity index (χ3n) is 5.91. The van der Waals surface area contributed by atoms with Gasteiger partial charge in [0, 0.05) is 42.8 Å². The summed E-state index contributed by atoms with van der Waals surface area (Å²) >= 11 is 0. The number of allylic oxidation sites excluding steroid dienone is 1. The molecule has 1 amide bonds. The summed E-state index contributed by atoms with van der Waals surface area (Å²) in [5.74, 6) is 0.672. The number of hydrogen-bond acceptors (Lipinski definition) is 7. The van der Waals surface area contributed by atoms with E-state index >= 15 is 0 Å². The number of furan rings is 1. The Morgan fingerprint density at radius 1 is 1.15 bits per heavy atom. The SMILES string of the molecule is C=C1CCc2cc(Nc3c(-c4ncc(C(=O)NCCN(C)C)cn4)oc4cnccc34)ccc21. The number of likely N-dealkylation sites (N-methyl/N-ethyl adjacent to an activating group) is 1. The summed E-state index contributed by atoms with van der Waals surface area (Å²) in [4.78, 5) is 27.4. The number of aryl methyl sites for hydroxylation is 1. The molecule has 34 heavy (non-hydrogen) atoms. The summed E-state index contributed by atoms with van der Waals surface area (Å²) in [5.41, 5.74) is 6.43. The van der Waals surface area contributed by atoms with Gasteiger partial charge in [-0.25, -0.2) is 9.97 Å². The van der Waals surface area contributed by atoms with Gasteiger partial charge in [-0.1, -0.05) is 12.6 Å². The fraction of sp³-hybridized carbons (Fsp3) is 0.231. The van der Waals surface area contributed by atoms with Crippen LogP contribution in [0.1, 0.15) is 27.9 Å². The smallest absolute Gasteiger partial charge is 0.254 e. The number of hydrogen-bond donors (Lipinski definition) is 2. The van der Waals surface area contributed by atoms with Crippen molar-refractivity contribution in [3.63, 3.8) is 0 Å². The van der Waals surface area contributed by atoms with E-state index in [1.54, 1.807) is 12.4 Å². The van der Waals surface area contributed by atoms with Crippen LogP contribution in [-0.4, -0.2) is 52.9 Å². The number of amides is 1. The van der Waals surface area contributed by atoms with Gasteiger partial charge in [-0.05, 0) is 61.8 Å². The molecule has 0 saturated carbocycles. The molecule has 4 aromatic rings. The molecule has 0 aliphatic heterocycles. The minimum absolute atomic E-state index is 0.208. The highest BCUT2D eigenvalue weighted by molar-refractivity contribution is 5.99. The van der Waals surface area contributed by atoms with Crippen LogP contribution in [0.3, 0.4) is 0 Å². The Bertz CT molecular complexity index is 1370. The topological polar surface area (TPSA) is 96.2 Å². The van der Waals surface area contributed by atoms with Crippen molar-refractivity contribution < 1.29 is 9.21 Å². The highest BCUT2D eigenvalue weighted by Gasteiger charge is 2.21. The molecule has 0 atom stereocenters. The second kappa shape index (κ2) is 9.07. The third-order valence-corrected chi connectivity index (χ3v) is 5.91. The molecule has 0 fully saturated rings. The summed E-state index contributed by atoms with van der Waals surface area (Å²) in [6, 6.07) is 8.20. The number of rotatable bonds is 7. The molecule has 1 aromatic carbocycles. The molecule has 8 nitrogen and oxygen atoms in total. The quantitative estimate of drug-likeness (QED) is 0.430. The fourth-order valence-electron chi connectivity index (χ4n) is 4.08. The lowest BCUT2D eigenvalue weighted by Gasteiger charge is -2.10. The van der Waals surface area contributed by atoms with E-state index in [9.17, 15) is 4.79 Å². The van der Waals surface area contributed by atoms with Crippen LogP contribution in [0.4, 0.5) is 11.4 Å². The Morgan fingerprint density at radius 2 is 1.97 bits per heavy atom. The minimum Gasteiger partial charge on any atom is -0.449 e. The van der Waals surface area contributed by atoms with Crippen LogP contribution in [0.15, 0.2) is 60.0 Å². The Kier molecular flexibility index (Phi) is 5.81. The van der Waals surface area contributed by atoms with E-state index in [-0.39, 0.29) is 5.91 Å². The monoisotopic (exact) mass is 454 g/mol. The lowest BCUT2D eigenvalue weighted by molar-refractivity contribution is 0.0950. The van der Waals surface area contributed by atoms with E-state index in [0.717, 1.165) is 36.1 Å². The number of nitrogens with one attached hydrogen (secondary N) is 2. The van der Waals surface area contributed by atoms with Gasteiger partial charge in [0.05, 0.1) is 17.4 Å². The maximum Gasteiger partial charge on any atom is 0.254 e. The van der Waals surface area contributed by atoms with Gasteiger partial charge in [0.1, 0.15) is 0 Å². The largest absolute Gasteiger partial charge is 0.449 e. The molecular formula is C26H26N6O2. The average Bonchev–Trinajstić information content (AvgIpc) is 3.39. The molecule has 1 aliphatic rings. The molecule has 172 valence electrons. The number of anilines is 2. The lowest BCUT2D eigenvalue weighted by Crippen LogP contribution is -2.31. The van der Waals surface area contributed by atoms with E-state index < -0.39 is 0 Å². The van der Waals surface area contributed by atoms with Gasteiger partial charge < -0.3 is 20.0 Å². The predicted molar refractivity (Wildman–Crippen MR) is 133 cm³/mol. The van der Waals surface area contributed by atoms with E-state index in [0.29, 0.717) is 29.3 Å². The summed E-state index contributed by atoms with van der Waals surface area (Å²) in [7, 11) is 3.91. The van der Waals surface area contributed by atoms with Gasteiger partial charge in [-0.15, -0.1) is 0 Å². The Morgan fingerprint density at radius 3 is 2.76 bits per heavy atom. The Hall–Kier alpha value is -4.04. The maximum atomic E-state index is 12.4. The number of nitrogens with zero attached hydrogens (tertiary/aromatic N) is 4. The average molecular weight is 455 g/mol. The van der Waals surface area contributed by atoms with Crippen LogP contribution in [-0.2, 0) is 6.42 Å². The molecule has 3 heterocycles. The summed E-state index contributed by atoms with van der Waals surface area (Å²) < 4.78 is 6.09. The Balaban J connectivity index is 1.44. The summed E-state index contributed by atoms with van der Waals surface area (Å²) in [5, 5.41) is 7.25. The van der Waals surface area contributed by atoms with Crippen LogP contribution in [0.5, 0.6) is 0 Å². The first-order valence-corrected chi connectivity index (χ1v) is 11.2. The molecule has 0 radical (unpaired) electrons. The van der Waals surface area contributed by atoms with Crippen molar-refractivity contribution in [3.8, 4) is 11.6 Å². The first kappa shape index (κ1) is 21.8. The van der Waals surface area contributed by atoms with E-state index in [1.165, 1.54) is 29.1 Å². The lowest BCUT2D eigenvalue weighted by atomic mass is 10.1. The molecule has 2 N–H and O–H groups in total. The third kappa shape index (κ3) is 4.27. The zero-order valence-electron chi connectivity index (χ0n) is 19.3. The molecule has 0 bridgehead atoms. The van der Waals surface area contributed by atoms with Crippen LogP contribution in [0.25, 0.3) is 28.1 Å². The summed E-state index contributed by atoms with van der Waals surface area (Å²) in [6.07, 6.45) is 8.42. The molecular weight excluding hydrogens is 428 g/mol. The number of carbonyl (C=O) groups is 1. The molecule has 0 spiro atoms. The number of fused-ring (bicyclic) bond motifs is 2. The van der Waals surface area contributed by atoms with Crippen molar-refractivity contribution in [1.82, 2.24) is 25.2 Å². The van der Waals surface area contributed by atoms with E-state index in [4.69, 9.17) is 4.42 Å². The van der Waals surface area contributed by atoms with Crippen molar-refractivity contribution >= 4 is 33.8 Å². The fourth-order valence-corrected chi connectivity index (χ4v) is 4.08. The van der Waals surface area contributed by atoms with Gasteiger partial charge in [-0.2, -0.15) is 0 Å². The molecule has 0 saturated heterocycles. The van der Waals surface area contributed by atoms with Crippen LogP contribution >= 0.6 is 0 Å². The molecule has 8 heteroatoms. The van der Waals surface area contributed by atoms with Gasteiger partial charge in [0.2, 0.25) is 0 Å². The van der Waals surface area contributed by atoms with Crippen molar-refractivity contribution in [2.24, 2.45) is 0 Å². The number of pyridine rings is 1. The number of benzene rings is 1. The number of aromatic nitrogens is 3.